The Morgan fingerprint density at radius 2 is 1.76 bits per heavy atom. The van der Waals surface area contributed by atoms with E-state index < -0.39 is 12.0 Å². The van der Waals surface area contributed by atoms with Crippen LogP contribution in [0.15, 0.2) is 82.6 Å². The molecule has 6 aromatic rings. The number of hydrogen-bond donors (Lipinski definition) is 3. The first kappa shape index (κ1) is 48.7. The van der Waals surface area contributed by atoms with Crippen LogP contribution < -0.4 is 16.0 Å². The van der Waals surface area contributed by atoms with Gasteiger partial charge in [-0.15, -0.1) is 11.3 Å². The van der Waals surface area contributed by atoms with Crippen molar-refractivity contribution in [3.63, 3.8) is 0 Å². The SMILES string of the molecule is CC(C)=C(C(=O)N1CC(C=O)C[C@H]1C(=O)N[C@@H](C)c1ccc(-c2scnc2C)cc1)c1cc(N2CCC(CN3CCC(OC4CC(C#Cc5cn6cc(-c7ccccc7O)nc6nc5N)C4)CC3)CC2)no1. The number of rotatable bonds is 13. The number of thiazole rings is 1. The molecule has 2 aromatic carbocycles. The maximum Gasteiger partial charge on any atom is 0.258 e. The molecule has 3 saturated heterocycles. The van der Waals surface area contributed by atoms with E-state index in [-0.39, 0.29) is 54.7 Å². The molecule has 374 valence electrons. The second-order valence-corrected chi connectivity index (χ2v) is 21.0. The molecule has 7 heterocycles. The van der Waals surface area contributed by atoms with Crippen LogP contribution in [0.1, 0.15) is 94.3 Å². The van der Waals surface area contributed by atoms with E-state index >= 15 is 0 Å². The fourth-order valence-corrected chi connectivity index (χ4v) is 11.4. The van der Waals surface area contributed by atoms with Crippen LogP contribution in [0, 0.1) is 36.5 Å². The molecule has 1 aliphatic carbocycles. The van der Waals surface area contributed by atoms with Crippen molar-refractivity contribution in [3.05, 3.63) is 101 Å². The number of nitrogen functional groups attached to an aromatic ring is 1. The van der Waals surface area contributed by atoms with Crippen molar-refractivity contribution in [2.24, 2.45) is 17.8 Å². The van der Waals surface area contributed by atoms with Crippen LogP contribution >= 0.6 is 11.3 Å². The maximum absolute atomic E-state index is 14.4. The number of nitrogens with two attached hydrogens (primary N) is 1. The van der Waals surface area contributed by atoms with Crippen LogP contribution in [0.5, 0.6) is 5.75 Å². The number of amides is 2. The van der Waals surface area contributed by atoms with Crippen molar-refractivity contribution in [2.75, 3.05) is 49.9 Å². The van der Waals surface area contributed by atoms with Crippen molar-refractivity contribution in [1.29, 1.82) is 0 Å². The second-order valence-electron chi connectivity index (χ2n) is 20.2. The van der Waals surface area contributed by atoms with Crippen molar-refractivity contribution in [2.45, 2.75) is 96.9 Å². The minimum atomic E-state index is -0.810. The summed E-state index contributed by atoms with van der Waals surface area (Å²) >= 11 is 1.59. The molecule has 4 aliphatic rings. The molecule has 16 nitrogen and oxygen atoms in total. The molecule has 3 aliphatic heterocycles. The number of allylic oxidation sites excluding steroid dienone is 1. The minimum Gasteiger partial charge on any atom is -0.507 e. The van der Waals surface area contributed by atoms with E-state index in [1.54, 1.807) is 27.9 Å². The first-order valence-corrected chi connectivity index (χ1v) is 26.0. The molecule has 4 N–H and O–H groups in total. The zero-order chi connectivity index (χ0) is 50.0. The number of phenols is 1. The summed E-state index contributed by atoms with van der Waals surface area (Å²) < 4.78 is 14.2. The summed E-state index contributed by atoms with van der Waals surface area (Å²) in [7, 11) is 0. The van der Waals surface area contributed by atoms with Gasteiger partial charge in [0.05, 0.1) is 51.2 Å². The summed E-state index contributed by atoms with van der Waals surface area (Å²) in [6.07, 6.45) is 11.2. The van der Waals surface area contributed by atoms with Crippen molar-refractivity contribution in [1.82, 2.24) is 39.6 Å². The zero-order valence-corrected chi connectivity index (χ0v) is 42.1. The third-order valence-electron chi connectivity index (χ3n) is 14.9. The highest BCUT2D eigenvalue weighted by atomic mass is 32.1. The molecule has 0 radical (unpaired) electrons. The summed E-state index contributed by atoms with van der Waals surface area (Å²) in [5.74, 6) is 8.36. The summed E-state index contributed by atoms with van der Waals surface area (Å²) in [5, 5.41) is 17.8. The first-order chi connectivity index (χ1) is 34.9. The van der Waals surface area contributed by atoms with Crippen LogP contribution in [0.25, 0.3) is 33.0 Å². The maximum atomic E-state index is 14.4. The van der Waals surface area contributed by atoms with Crippen molar-refractivity contribution >= 4 is 52.4 Å². The van der Waals surface area contributed by atoms with Crippen LogP contribution in [0.3, 0.4) is 0 Å². The Hall–Kier alpha value is -6.87. The highest BCUT2D eigenvalue weighted by molar-refractivity contribution is 7.13. The number of nitrogens with one attached hydrogen (secondary N) is 1. The average molecular weight is 991 g/mol. The number of ether oxygens (including phenoxy) is 1. The van der Waals surface area contributed by atoms with Crippen LogP contribution in [0.4, 0.5) is 11.6 Å². The van der Waals surface area contributed by atoms with Crippen molar-refractivity contribution in [3.8, 4) is 39.3 Å². The van der Waals surface area contributed by atoms with Gasteiger partial charge in [0.15, 0.2) is 11.6 Å². The first-order valence-electron chi connectivity index (χ1n) is 25.2. The minimum absolute atomic E-state index is 0.151. The monoisotopic (exact) mass is 990 g/mol. The third-order valence-corrected chi connectivity index (χ3v) is 15.8. The van der Waals surface area contributed by atoms with Gasteiger partial charge in [-0.1, -0.05) is 59.0 Å². The Morgan fingerprint density at radius 1 is 1.00 bits per heavy atom. The fraction of sp³-hybridized carbons (Fsp3) is 0.436. The third kappa shape index (κ3) is 10.5. The molecule has 72 heavy (non-hydrogen) atoms. The molecule has 10 rings (SSSR count). The number of likely N-dealkylation sites (tertiary alicyclic amines) is 2. The number of aldehydes is 1. The lowest BCUT2D eigenvalue weighted by Crippen LogP contribution is -2.46. The largest absolute Gasteiger partial charge is 0.507 e. The van der Waals surface area contributed by atoms with Gasteiger partial charge in [-0.3, -0.25) is 14.0 Å². The van der Waals surface area contributed by atoms with E-state index in [4.69, 9.17) is 15.0 Å². The number of piperidine rings is 2. The van der Waals surface area contributed by atoms with E-state index in [0.29, 0.717) is 51.5 Å². The molecule has 1 unspecified atom stereocenters. The molecule has 0 bridgehead atoms. The van der Waals surface area contributed by atoms with Gasteiger partial charge < -0.3 is 44.9 Å². The van der Waals surface area contributed by atoms with Gasteiger partial charge >= 0.3 is 0 Å². The predicted molar refractivity (Wildman–Crippen MR) is 277 cm³/mol. The number of anilines is 2. The number of carbonyl (C=O) groups is 3. The van der Waals surface area contributed by atoms with Gasteiger partial charge in [0.2, 0.25) is 11.7 Å². The normalized spacial score (nSPS) is 21.2. The second kappa shape index (κ2) is 21.1. The van der Waals surface area contributed by atoms with Crippen molar-refractivity contribution < 1.29 is 28.8 Å². The lowest BCUT2D eigenvalue weighted by Gasteiger charge is -2.40. The zero-order valence-electron chi connectivity index (χ0n) is 41.3. The van der Waals surface area contributed by atoms with Gasteiger partial charge in [-0.2, -0.15) is 4.98 Å². The molecule has 1 saturated carbocycles. The Kier molecular flexibility index (Phi) is 14.3. The predicted octanol–water partition coefficient (Wildman–Crippen LogP) is 7.72. The smallest absolute Gasteiger partial charge is 0.258 e. The topological polar surface area (TPSA) is 198 Å². The number of hydrogen-bond acceptors (Lipinski definition) is 14. The number of carbonyl (C=O) groups excluding carboxylic acids is 3. The Balaban J connectivity index is 0.665. The average Bonchev–Trinajstić information content (AvgIpc) is 4.20. The van der Waals surface area contributed by atoms with Crippen LogP contribution in [-0.4, -0.2) is 115 Å². The van der Waals surface area contributed by atoms with Gasteiger partial charge in [0, 0.05) is 75.1 Å². The molecule has 4 aromatic heterocycles. The van der Waals surface area contributed by atoms with Crippen LogP contribution in [0.2, 0.25) is 0 Å². The number of aromatic hydroxyl groups is 1. The van der Waals surface area contributed by atoms with E-state index in [1.807, 2.05) is 88.1 Å². The number of aryl methyl sites for hydroxylation is 1. The lowest BCUT2D eigenvalue weighted by molar-refractivity contribution is -0.135. The highest BCUT2D eigenvalue weighted by Gasteiger charge is 2.42. The van der Waals surface area contributed by atoms with Crippen LogP contribution in [-0.2, 0) is 19.1 Å². The van der Waals surface area contributed by atoms with E-state index in [9.17, 15) is 19.5 Å². The summed E-state index contributed by atoms with van der Waals surface area (Å²) in [6.45, 7) is 12.6. The Bertz CT molecular complexity index is 3030. The number of benzene rings is 2. The number of para-hydroxylation sites is 1. The number of nitrogens with zero attached hydrogens (tertiary/aromatic N) is 8. The molecule has 17 heteroatoms. The molecule has 0 spiro atoms. The number of phenolic OH excluding ortho intramolecular Hbond substituents is 1. The van der Waals surface area contributed by atoms with Gasteiger partial charge in [0.1, 0.15) is 23.9 Å². The Morgan fingerprint density at radius 3 is 2.47 bits per heavy atom. The Labute approximate surface area is 423 Å². The molecule has 2 amide bonds. The van der Waals surface area contributed by atoms with E-state index in [2.05, 4.69) is 47.1 Å². The fourth-order valence-electron chi connectivity index (χ4n) is 10.6. The molecular formula is C55H62N10O6S. The summed E-state index contributed by atoms with van der Waals surface area (Å²) in [5.41, 5.74) is 14.1. The highest BCUT2D eigenvalue weighted by Crippen LogP contribution is 2.36. The molecule has 3 atom stereocenters. The van der Waals surface area contributed by atoms with Gasteiger partial charge in [-0.25, -0.2) is 9.97 Å². The number of aromatic nitrogens is 5. The quantitative estimate of drug-likeness (QED) is 0.0578. The van der Waals surface area contributed by atoms with Gasteiger partial charge in [-0.05, 0) is 102 Å². The lowest BCUT2D eigenvalue weighted by atomic mass is 9.82. The summed E-state index contributed by atoms with van der Waals surface area (Å²) in [4.78, 5) is 61.2. The molecular weight excluding hydrogens is 929 g/mol. The number of imidazole rings is 1. The standard InChI is InChI=1S/C55H62N10O6S/c1-33(2)50(54(69)65-28-38(31-66)25-46(65)53(68)58-34(3)39-11-13-40(14-12-39)51-35(4)57-32-72-51)48-26-49(61-71-48)63-21-15-36(16-22-63)27-62-19-17-42(18-20-62)70-43-23-37(24-43)9-10-41-29-64-30-45(59-55(64)60-52(41)56)44-7-5-6-8-47(44)67/h5-8,11-14,26,29-32,34,36-38,42-43,46,67H,15-25,27-28H2,1-4H3,(H,58,68)(H2,56,59,60)/t34-,37?,38?,43?,46-/m0/s1. The molecule has 4 fully saturated rings. The van der Waals surface area contributed by atoms with E-state index in [1.165, 1.54) is 4.90 Å². The summed E-state index contributed by atoms with van der Waals surface area (Å²) in [6, 6.07) is 15.9. The van der Waals surface area contributed by atoms with E-state index in [0.717, 1.165) is 105 Å². The number of fused-ring (bicyclic) bond motifs is 1. The van der Waals surface area contributed by atoms with Gasteiger partial charge in [0.25, 0.3) is 5.91 Å².